The summed E-state index contributed by atoms with van der Waals surface area (Å²) >= 11 is 0. The molecule has 4 fully saturated rings. The van der Waals surface area contributed by atoms with Crippen LogP contribution in [0.15, 0.2) is 24.8 Å². The van der Waals surface area contributed by atoms with Gasteiger partial charge in [-0.2, -0.15) is 0 Å². The molecule has 2 saturated carbocycles. The van der Waals surface area contributed by atoms with Gasteiger partial charge in [-0.3, -0.25) is 14.4 Å². The predicted molar refractivity (Wildman–Crippen MR) is 129 cm³/mol. The summed E-state index contributed by atoms with van der Waals surface area (Å²) in [6, 6.07) is -0.549. The maximum absolute atomic E-state index is 13.8. The van der Waals surface area contributed by atoms with Crippen molar-refractivity contribution in [3.8, 4) is 0 Å². The van der Waals surface area contributed by atoms with Crippen molar-refractivity contribution in [2.45, 2.75) is 101 Å². The highest BCUT2D eigenvalue weighted by atomic mass is 16.5. The molecule has 3 amide bonds. The van der Waals surface area contributed by atoms with Gasteiger partial charge in [0.25, 0.3) is 0 Å². The summed E-state index contributed by atoms with van der Waals surface area (Å²) in [7, 11) is 0. The minimum atomic E-state index is -1.12. The minimum Gasteiger partial charge on any atom is -0.356 e. The largest absolute Gasteiger partial charge is 0.356 e. The Morgan fingerprint density at radius 3 is 2.50 bits per heavy atom. The Bertz CT molecular complexity index is 896. The molecule has 7 heteroatoms. The SMILES string of the molecule is C=CCN1C(=O)[C@H]2[C@@H](C(=O)N[C@@H]3CCCC[C@@H]3C)[C@]3(C)C=C[C@]2(O3)[C@H]1C(=O)NC1CCCCC1. The molecule has 2 aliphatic carbocycles. The van der Waals surface area contributed by atoms with Gasteiger partial charge in [-0.25, -0.2) is 0 Å². The molecule has 2 saturated heterocycles. The fraction of sp³-hybridized carbons (Fsp3) is 0.741. The van der Waals surface area contributed by atoms with E-state index in [0.29, 0.717) is 5.92 Å². The first-order valence-corrected chi connectivity index (χ1v) is 13.2. The Balaban J connectivity index is 1.43. The van der Waals surface area contributed by atoms with Crippen LogP contribution in [0.5, 0.6) is 0 Å². The molecule has 2 bridgehead atoms. The Labute approximate surface area is 202 Å². The lowest BCUT2D eigenvalue weighted by molar-refractivity contribution is -0.145. The van der Waals surface area contributed by atoms with E-state index in [2.05, 4.69) is 24.1 Å². The number of nitrogens with zero attached hydrogens (tertiary/aromatic N) is 1. The molecule has 7 nitrogen and oxygen atoms in total. The highest BCUT2D eigenvalue weighted by molar-refractivity contribution is 6.00. The number of rotatable bonds is 6. The van der Waals surface area contributed by atoms with E-state index < -0.39 is 29.1 Å². The van der Waals surface area contributed by atoms with E-state index in [1.165, 1.54) is 12.8 Å². The topological polar surface area (TPSA) is 87.7 Å². The summed E-state index contributed by atoms with van der Waals surface area (Å²) in [6.07, 6.45) is 15.1. The van der Waals surface area contributed by atoms with Crippen molar-refractivity contribution in [3.05, 3.63) is 24.8 Å². The summed E-state index contributed by atoms with van der Waals surface area (Å²) < 4.78 is 6.56. The van der Waals surface area contributed by atoms with Crippen LogP contribution < -0.4 is 10.6 Å². The van der Waals surface area contributed by atoms with Crippen LogP contribution in [0.3, 0.4) is 0 Å². The van der Waals surface area contributed by atoms with Crippen molar-refractivity contribution in [1.82, 2.24) is 15.5 Å². The van der Waals surface area contributed by atoms with E-state index in [0.717, 1.165) is 44.9 Å². The number of amides is 3. The van der Waals surface area contributed by atoms with Crippen LogP contribution >= 0.6 is 0 Å². The van der Waals surface area contributed by atoms with E-state index in [4.69, 9.17) is 4.74 Å². The lowest BCUT2D eigenvalue weighted by Crippen LogP contribution is -2.56. The first-order chi connectivity index (χ1) is 16.3. The zero-order valence-electron chi connectivity index (χ0n) is 20.6. The van der Waals surface area contributed by atoms with Crippen LogP contribution in [0.2, 0.25) is 0 Å². The molecule has 5 aliphatic rings. The number of fused-ring (bicyclic) bond motifs is 1. The van der Waals surface area contributed by atoms with Crippen LogP contribution in [0.4, 0.5) is 0 Å². The summed E-state index contributed by atoms with van der Waals surface area (Å²) in [5.74, 6) is -1.44. The maximum atomic E-state index is 13.8. The zero-order valence-corrected chi connectivity index (χ0v) is 20.6. The summed E-state index contributed by atoms with van der Waals surface area (Å²) in [4.78, 5) is 42.7. The number of carbonyl (C=O) groups excluding carboxylic acids is 3. The van der Waals surface area contributed by atoms with Gasteiger partial charge in [0.1, 0.15) is 11.6 Å². The molecule has 0 aromatic heterocycles. The second kappa shape index (κ2) is 8.81. The van der Waals surface area contributed by atoms with Gasteiger partial charge in [0.05, 0.1) is 17.4 Å². The Kier molecular flexibility index (Phi) is 6.11. The van der Waals surface area contributed by atoms with Gasteiger partial charge in [0, 0.05) is 18.6 Å². The van der Waals surface area contributed by atoms with Crippen molar-refractivity contribution in [2.75, 3.05) is 6.54 Å². The van der Waals surface area contributed by atoms with Gasteiger partial charge in [-0.1, -0.05) is 57.3 Å². The third-order valence-corrected chi connectivity index (χ3v) is 9.04. The molecule has 186 valence electrons. The molecule has 5 rings (SSSR count). The van der Waals surface area contributed by atoms with E-state index in [1.54, 1.807) is 11.0 Å². The molecule has 3 heterocycles. The van der Waals surface area contributed by atoms with Crippen LogP contribution in [0.1, 0.15) is 71.6 Å². The van der Waals surface area contributed by atoms with Crippen molar-refractivity contribution >= 4 is 17.7 Å². The Morgan fingerprint density at radius 1 is 1.09 bits per heavy atom. The zero-order chi connectivity index (χ0) is 24.1. The van der Waals surface area contributed by atoms with Gasteiger partial charge in [-0.15, -0.1) is 6.58 Å². The quantitative estimate of drug-likeness (QED) is 0.586. The molecule has 1 spiro atoms. The second-order valence-corrected chi connectivity index (χ2v) is 11.3. The third-order valence-electron chi connectivity index (χ3n) is 9.04. The molecule has 0 aromatic carbocycles. The molecule has 0 aromatic rings. The molecule has 3 aliphatic heterocycles. The fourth-order valence-electron chi connectivity index (χ4n) is 7.30. The molecule has 0 unspecified atom stereocenters. The summed E-state index contributed by atoms with van der Waals surface area (Å²) in [5.41, 5.74) is -2.01. The third kappa shape index (κ3) is 3.62. The molecule has 7 atom stereocenters. The molecule has 34 heavy (non-hydrogen) atoms. The van der Waals surface area contributed by atoms with Crippen molar-refractivity contribution in [1.29, 1.82) is 0 Å². The van der Waals surface area contributed by atoms with Gasteiger partial charge in [0.2, 0.25) is 17.7 Å². The number of likely N-dealkylation sites (tertiary alicyclic amines) is 1. The van der Waals surface area contributed by atoms with E-state index in [9.17, 15) is 14.4 Å². The number of ether oxygens (including phenoxy) is 1. The average molecular weight is 470 g/mol. The summed E-state index contributed by atoms with van der Waals surface area (Å²) in [6.45, 7) is 8.13. The van der Waals surface area contributed by atoms with Gasteiger partial charge < -0.3 is 20.3 Å². The monoisotopic (exact) mass is 469 g/mol. The van der Waals surface area contributed by atoms with Gasteiger partial charge in [0.15, 0.2) is 0 Å². The van der Waals surface area contributed by atoms with E-state index in [1.807, 2.05) is 19.1 Å². The minimum absolute atomic E-state index is 0.120. The van der Waals surface area contributed by atoms with Crippen LogP contribution in [-0.2, 0) is 19.1 Å². The predicted octanol–water partition coefficient (Wildman–Crippen LogP) is 2.86. The normalized spacial score (nSPS) is 41.4. The maximum Gasteiger partial charge on any atom is 0.246 e. The van der Waals surface area contributed by atoms with Crippen LogP contribution in [0, 0.1) is 17.8 Å². The lowest BCUT2D eigenvalue weighted by Gasteiger charge is -2.34. The van der Waals surface area contributed by atoms with Crippen molar-refractivity contribution in [2.24, 2.45) is 17.8 Å². The number of hydrogen-bond acceptors (Lipinski definition) is 4. The average Bonchev–Trinajstić information content (AvgIpc) is 3.37. The molecule has 0 radical (unpaired) electrons. The summed E-state index contributed by atoms with van der Waals surface area (Å²) in [5, 5.41) is 6.47. The second-order valence-electron chi connectivity index (χ2n) is 11.3. The van der Waals surface area contributed by atoms with Gasteiger partial charge >= 0.3 is 0 Å². The smallest absolute Gasteiger partial charge is 0.246 e. The standard InChI is InChI=1S/C27H39N3O4/c1-4-16-30-22(24(32)28-18-11-6-5-7-12-18)27-15-14-26(3,34-27)20(21(27)25(30)33)23(31)29-19-13-9-8-10-17(19)2/h4,14-15,17-22H,1,5-13,16H2,2-3H3,(H,28,32)(H,29,31)/t17-,19+,20-,21+,22+,26-,27+/m0/s1. The molecular weight excluding hydrogens is 430 g/mol. The van der Waals surface area contributed by atoms with Crippen molar-refractivity contribution < 1.29 is 19.1 Å². The highest BCUT2D eigenvalue weighted by Crippen LogP contribution is 2.59. The fourth-order valence-corrected chi connectivity index (χ4v) is 7.30. The first-order valence-electron chi connectivity index (χ1n) is 13.2. The van der Waals surface area contributed by atoms with E-state index >= 15 is 0 Å². The lowest BCUT2D eigenvalue weighted by atomic mass is 9.70. The first kappa shape index (κ1) is 23.6. The van der Waals surface area contributed by atoms with Crippen molar-refractivity contribution in [3.63, 3.8) is 0 Å². The molecule has 2 N–H and O–H groups in total. The van der Waals surface area contributed by atoms with Crippen LogP contribution in [0.25, 0.3) is 0 Å². The Morgan fingerprint density at radius 2 is 1.79 bits per heavy atom. The Hall–Kier alpha value is -2.15. The highest BCUT2D eigenvalue weighted by Gasteiger charge is 2.76. The molecular formula is C27H39N3O4. The van der Waals surface area contributed by atoms with Gasteiger partial charge in [-0.05, 0) is 38.5 Å². The number of hydrogen-bond donors (Lipinski definition) is 2. The van der Waals surface area contributed by atoms with Crippen LogP contribution in [-0.4, -0.2) is 58.5 Å². The number of nitrogens with one attached hydrogen (secondary N) is 2. The van der Waals surface area contributed by atoms with E-state index in [-0.39, 0.29) is 36.3 Å². The number of carbonyl (C=O) groups is 3.